The molecule has 2 N–H and O–H groups in total. The van der Waals surface area contributed by atoms with E-state index in [4.69, 9.17) is 5.11 Å². The molecule has 1 fully saturated rings. The topological polar surface area (TPSA) is 81.1 Å². The molecular formula is C15H20N2O4. The minimum Gasteiger partial charge on any atom is -0.508 e. The van der Waals surface area contributed by atoms with Gasteiger partial charge in [0.05, 0.1) is 6.42 Å². The van der Waals surface area contributed by atoms with Gasteiger partial charge in [0.1, 0.15) is 11.8 Å². The van der Waals surface area contributed by atoms with Crippen molar-refractivity contribution in [2.75, 3.05) is 26.2 Å². The molecule has 1 saturated heterocycles. The quantitative estimate of drug-likeness (QED) is 0.847. The van der Waals surface area contributed by atoms with Crippen LogP contribution < -0.4 is 0 Å². The van der Waals surface area contributed by atoms with Crippen molar-refractivity contribution in [1.82, 2.24) is 9.80 Å². The highest BCUT2D eigenvalue weighted by molar-refractivity contribution is 5.79. The van der Waals surface area contributed by atoms with E-state index in [-0.39, 0.29) is 11.7 Å². The van der Waals surface area contributed by atoms with Gasteiger partial charge in [0.15, 0.2) is 0 Å². The maximum absolute atomic E-state index is 12.2. The van der Waals surface area contributed by atoms with Gasteiger partial charge in [0.25, 0.3) is 0 Å². The van der Waals surface area contributed by atoms with E-state index >= 15 is 0 Å². The largest absolute Gasteiger partial charge is 0.508 e. The Hall–Kier alpha value is -2.08. The van der Waals surface area contributed by atoms with Crippen LogP contribution in [0.5, 0.6) is 5.75 Å². The standard InChI is InChI=1S/C15H20N2O4/c1-11(15(20)21)16-6-8-17(9-7-16)14(19)10-12-2-4-13(18)5-3-12/h2-5,11,18H,6-10H2,1H3,(H,20,21). The molecule has 1 aromatic rings. The fraction of sp³-hybridized carbons (Fsp3) is 0.467. The van der Waals surface area contributed by atoms with Crippen molar-refractivity contribution in [3.8, 4) is 5.75 Å². The monoisotopic (exact) mass is 292 g/mol. The molecule has 0 saturated carbocycles. The molecule has 1 atom stereocenters. The van der Waals surface area contributed by atoms with Crippen LogP contribution in [0.2, 0.25) is 0 Å². The van der Waals surface area contributed by atoms with Crippen molar-refractivity contribution in [2.45, 2.75) is 19.4 Å². The molecule has 114 valence electrons. The van der Waals surface area contributed by atoms with Crippen LogP contribution >= 0.6 is 0 Å². The van der Waals surface area contributed by atoms with E-state index in [1.165, 1.54) is 0 Å². The fourth-order valence-corrected chi connectivity index (χ4v) is 2.42. The smallest absolute Gasteiger partial charge is 0.320 e. The first-order chi connectivity index (χ1) is 9.97. The molecular weight excluding hydrogens is 272 g/mol. The molecule has 1 amide bonds. The maximum atomic E-state index is 12.2. The Morgan fingerprint density at radius 2 is 1.71 bits per heavy atom. The van der Waals surface area contributed by atoms with Crippen LogP contribution in [-0.2, 0) is 16.0 Å². The van der Waals surface area contributed by atoms with Crippen LogP contribution in [0, 0.1) is 0 Å². The van der Waals surface area contributed by atoms with E-state index in [1.54, 1.807) is 36.1 Å². The second kappa shape index (κ2) is 6.58. The van der Waals surface area contributed by atoms with Crippen LogP contribution in [-0.4, -0.2) is 64.1 Å². The van der Waals surface area contributed by atoms with Crippen molar-refractivity contribution < 1.29 is 19.8 Å². The zero-order chi connectivity index (χ0) is 15.4. The van der Waals surface area contributed by atoms with Crippen molar-refractivity contribution in [3.63, 3.8) is 0 Å². The lowest BCUT2D eigenvalue weighted by molar-refractivity contribution is -0.144. The van der Waals surface area contributed by atoms with Gasteiger partial charge >= 0.3 is 5.97 Å². The molecule has 0 bridgehead atoms. The normalized spacial score (nSPS) is 17.5. The van der Waals surface area contributed by atoms with Gasteiger partial charge in [-0.05, 0) is 24.6 Å². The van der Waals surface area contributed by atoms with Crippen molar-refractivity contribution >= 4 is 11.9 Å². The molecule has 1 aliphatic heterocycles. The first-order valence-electron chi connectivity index (χ1n) is 7.00. The lowest BCUT2D eigenvalue weighted by Crippen LogP contribution is -2.53. The Balaban J connectivity index is 1.85. The Morgan fingerprint density at radius 1 is 1.14 bits per heavy atom. The van der Waals surface area contributed by atoms with Gasteiger partial charge in [-0.1, -0.05) is 12.1 Å². The fourth-order valence-electron chi connectivity index (χ4n) is 2.42. The number of piperazine rings is 1. The Morgan fingerprint density at radius 3 is 2.24 bits per heavy atom. The highest BCUT2D eigenvalue weighted by atomic mass is 16.4. The number of rotatable bonds is 4. The second-order valence-corrected chi connectivity index (χ2v) is 5.27. The summed E-state index contributed by atoms with van der Waals surface area (Å²) in [5, 5.41) is 18.2. The van der Waals surface area contributed by atoms with Crippen molar-refractivity contribution in [2.24, 2.45) is 0 Å². The first kappa shape index (κ1) is 15.3. The summed E-state index contributed by atoms with van der Waals surface area (Å²) in [7, 11) is 0. The number of phenols is 1. The number of amides is 1. The van der Waals surface area contributed by atoms with Gasteiger partial charge in [0.2, 0.25) is 5.91 Å². The zero-order valence-electron chi connectivity index (χ0n) is 12.0. The molecule has 0 aromatic heterocycles. The van der Waals surface area contributed by atoms with Gasteiger partial charge in [-0.15, -0.1) is 0 Å². The van der Waals surface area contributed by atoms with Gasteiger partial charge < -0.3 is 15.1 Å². The molecule has 0 aliphatic carbocycles. The lowest BCUT2D eigenvalue weighted by atomic mass is 10.1. The third-order valence-electron chi connectivity index (χ3n) is 3.86. The molecule has 6 heteroatoms. The molecule has 1 heterocycles. The van der Waals surface area contributed by atoms with Crippen LogP contribution in [0.1, 0.15) is 12.5 Å². The predicted molar refractivity (Wildman–Crippen MR) is 77.1 cm³/mol. The number of nitrogens with zero attached hydrogens (tertiary/aromatic N) is 2. The maximum Gasteiger partial charge on any atom is 0.320 e. The minimum absolute atomic E-state index is 0.0308. The highest BCUT2D eigenvalue weighted by Gasteiger charge is 2.26. The summed E-state index contributed by atoms with van der Waals surface area (Å²) < 4.78 is 0. The van der Waals surface area contributed by atoms with E-state index in [2.05, 4.69) is 0 Å². The molecule has 0 spiro atoms. The number of carboxylic acids is 1. The summed E-state index contributed by atoms with van der Waals surface area (Å²) >= 11 is 0. The second-order valence-electron chi connectivity index (χ2n) is 5.27. The number of hydrogen-bond acceptors (Lipinski definition) is 4. The number of aromatic hydroxyl groups is 1. The minimum atomic E-state index is -0.834. The van der Waals surface area contributed by atoms with E-state index in [0.717, 1.165) is 5.56 Å². The van der Waals surface area contributed by atoms with E-state index < -0.39 is 12.0 Å². The number of hydrogen-bond donors (Lipinski definition) is 2. The number of carboxylic acid groups (broad SMARTS) is 1. The third kappa shape index (κ3) is 3.95. The SMILES string of the molecule is CC(C(=O)O)N1CCN(C(=O)Cc2ccc(O)cc2)CC1. The number of phenolic OH excluding ortho intramolecular Hbond substituents is 1. The predicted octanol–water partition coefficient (Wildman–Crippen LogP) is 0.552. The number of carbonyl (C=O) groups excluding carboxylic acids is 1. The molecule has 1 unspecified atom stereocenters. The summed E-state index contributed by atoms with van der Waals surface area (Å²) in [4.78, 5) is 26.8. The van der Waals surface area contributed by atoms with Gasteiger partial charge in [-0.2, -0.15) is 0 Å². The summed E-state index contributed by atoms with van der Waals surface area (Å²) in [6.07, 6.45) is 0.300. The Kier molecular flexibility index (Phi) is 4.80. The van der Waals surface area contributed by atoms with Crippen LogP contribution in [0.3, 0.4) is 0 Å². The number of benzene rings is 1. The molecule has 1 aromatic carbocycles. The van der Waals surface area contributed by atoms with Crippen LogP contribution in [0.15, 0.2) is 24.3 Å². The Bertz CT molecular complexity index is 507. The zero-order valence-corrected chi connectivity index (χ0v) is 12.0. The highest BCUT2D eigenvalue weighted by Crippen LogP contribution is 2.12. The summed E-state index contributed by atoms with van der Waals surface area (Å²) in [5.74, 6) is -0.621. The molecule has 1 aliphatic rings. The van der Waals surface area contributed by atoms with E-state index in [1.807, 2.05) is 4.90 Å². The van der Waals surface area contributed by atoms with E-state index in [9.17, 15) is 14.7 Å². The van der Waals surface area contributed by atoms with Crippen molar-refractivity contribution in [1.29, 1.82) is 0 Å². The Labute approximate surface area is 123 Å². The molecule has 2 rings (SSSR count). The van der Waals surface area contributed by atoms with Crippen molar-refractivity contribution in [3.05, 3.63) is 29.8 Å². The molecule has 0 radical (unpaired) electrons. The third-order valence-corrected chi connectivity index (χ3v) is 3.86. The molecule has 6 nitrogen and oxygen atoms in total. The summed E-state index contributed by atoms with van der Waals surface area (Å²) in [6, 6.07) is 6.08. The number of aliphatic carboxylic acids is 1. The van der Waals surface area contributed by atoms with Gasteiger partial charge in [0, 0.05) is 26.2 Å². The van der Waals surface area contributed by atoms with Gasteiger partial charge in [-0.25, -0.2) is 0 Å². The van der Waals surface area contributed by atoms with Crippen LogP contribution in [0.4, 0.5) is 0 Å². The van der Waals surface area contributed by atoms with Gasteiger partial charge in [-0.3, -0.25) is 14.5 Å². The lowest BCUT2D eigenvalue weighted by Gasteiger charge is -2.36. The first-order valence-corrected chi connectivity index (χ1v) is 7.00. The average Bonchev–Trinajstić information content (AvgIpc) is 2.49. The average molecular weight is 292 g/mol. The van der Waals surface area contributed by atoms with E-state index in [0.29, 0.717) is 32.6 Å². The van der Waals surface area contributed by atoms with Crippen LogP contribution in [0.25, 0.3) is 0 Å². The number of carbonyl (C=O) groups is 2. The summed E-state index contributed by atoms with van der Waals surface area (Å²) in [5.41, 5.74) is 0.860. The molecule has 21 heavy (non-hydrogen) atoms. The summed E-state index contributed by atoms with van der Waals surface area (Å²) in [6.45, 7) is 3.92.